The van der Waals surface area contributed by atoms with Gasteiger partial charge in [-0.25, -0.2) is 0 Å². The molecule has 0 aliphatic rings. The van der Waals surface area contributed by atoms with Crippen molar-refractivity contribution in [3.63, 3.8) is 0 Å². The van der Waals surface area contributed by atoms with E-state index < -0.39 is 0 Å². The van der Waals surface area contributed by atoms with Gasteiger partial charge < -0.3 is 5.11 Å². The summed E-state index contributed by atoms with van der Waals surface area (Å²) < 4.78 is 2.40. The number of nitrogens with one attached hydrogen (secondary N) is 1. The fraction of sp³-hybridized carbons (Fsp3) is 0.467. The first-order valence-electron chi connectivity index (χ1n) is 6.87. The van der Waals surface area contributed by atoms with Gasteiger partial charge in [0.05, 0.1) is 0 Å². The molecule has 0 heterocycles. The largest absolute Gasteiger partial charge is 0.508 e. The Bertz CT molecular complexity index is 317. The molecule has 19 heavy (non-hydrogen) atoms. The van der Waals surface area contributed by atoms with Gasteiger partial charge in [-0.05, 0) is 25.1 Å². The third kappa shape index (κ3) is 11.9. The lowest BCUT2D eigenvalue weighted by Gasteiger charge is -2.17. The molecule has 108 valence electrons. The predicted molar refractivity (Wildman–Crippen MR) is 86.8 cm³/mol. The zero-order valence-electron chi connectivity index (χ0n) is 12.3. The molecule has 1 aromatic rings. The van der Waals surface area contributed by atoms with E-state index in [1.165, 1.54) is 0 Å². The molecule has 0 aliphatic carbocycles. The quantitative estimate of drug-likeness (QED) is 0.590. The van der Waals surface area contributed by atoms with Gasteiger partial charge in [-0.3, -0.25) is 9.76 Å². The van der Waals surface area contributed by atoms with Crippen molar-refractivity contribution in [3.05, 3.63) is 42.5 Å². The van der Waals surface area contributed by atoms with Crippen LogP contribution in [-0.4, -0.2) is 29.4 Å². The molecule has 2 N–H and O–H groups in total. The number of hydrogen-bond acceptors (Lipinski definition) is 3. The molecule has 0 spiro atoms. The van der Waals surface area contributed by atoms with E-state index in [2.05, 4.69) is 42.7 Å². The van der Waals surface area contributed by atoms with Crippen molar-refractivity contribution in [2.24, 2.45) is 0 Å². The molecule has 1 atom stereocenters. The summed E-state index contributed by atoms with van der Waals surface area (Å²) in [5.41, 5.74) is 0. The number of para-hydroxylation sites is 1. The van der Waals surface area contributed by atoms with Gasteiger partial charge in [-0.2, -0.15) is 0 Å². The zero-order valence-corrected chi connectivity index (χ0v) is 13.3. The second-order valence-corrected chi connectivity index (χ2v) is 5.11. The molecule has 0 bridgehead atoms. The smallest absolute Gasteiger partial charge is 0.115 e. The maximum Gasteiger partial charge on any atom is 0.115 e. The van der Waals surface area contributed by atoms with Crippen LogP contribution < -0.4 is 5.09 Å². The van der Waals surface area contributed by atoms with Gasteiger partial charge in [0.25, 0.3) is 0 Å². The van der Waals surface area contributed by atoms with Crippen LogP contribution >= 0.6 is 8.88 Å². The Morgan fingerprint density at radius 3 is 2.26 bits per heavy atom. The van der Waals surface area contributed by atoms with Gasteiger partial charge in [0, 0.05) is 22.0 Å². The third-order valence-electron chi connectivity index (χ3n) is 2.28. The Labute approximate surface area is 119 Å². The number of hydrogen-bond donors (Lipinski definition) is 2. The maximum atomic E-state index is 8.63. The second kappa shape index (κ2) is 13.5. The predicted octanol–water partition coefficient (Wildman–Crippen LogP) is 3.78. The van der Waals surface area contributed by atoms with Crippen LogP contribution in [0.25, 0.3) is 0 Å². The Kier molecular flexibility index (Phi) is 12.9. The Morgan fingerprint density at radius 1 is 1.16 bits per heavy atom. The molecule has 1 rings (SSSR count). The Hall–Kier alpha value is -0.890. The summed E-state index contributed by atoms with van der Waals surface area (Å²) in [5, 5.41) is 12.0. The first-order chi connectivity index (χ1) is 9.24. The van der Waals surface area contributed by atoms with Crippen LogP contribution in [0.15, 0.2) is 42.5 Å². The third-order valence-corrected chi connectivity index (χ3v) is 3.61. The first kappa shape index (κ1) is 18.1. The van der Waals surface area contributed by atoms with Crippen molar-refractivity contribution in [1.82, 2.24) is 9.76 Å². The molecule has 0 radical (unpaired) electrons. The van der Waals surface area contributed by atoms with Gasteiger partial charge in [0.15, 0.2) is 0 Å². The number of nitrogens with zero attached hydrogens (tertiary/aromatic N) is 1. The van der Waals surface area contributed by atoms with E-state index in [0.29, 0.717) is 5.75 Å². The van der Waals surface area contributed by atoms with Gasteiger partial charge in [0.2, 0.25) is 0 Å². The molecule has 0 aromatic heterocycles. The fourth-order valence-electron chi connectivity index (χ4n) is 1.24. The number of likely N-dealkylation sites (N-methyl/N-ethyl adjacent to an activating group) is 1. The van der Waals surface area contributed by atoms with Gasteiger partial charge in [0.1, 0.15) is 5.75 Å². The van der Waals surface area contributed by atoms with E-state index in [1.54, 1.807) is 24.3 Å². The summed E-state index contributed by atoms with van der Waals surface area (Å²) in [6, 6.07) is 8.71. The van der Waals surface area contributed by atoms with Gasteiger partial charge in [-0.15, -0.1) is 0 Å². The number of aromatic hydroxyl groups is 1. The van der Waals surface area contributed by atoms with Crippen molar-refractivity contribution < 1.29 is 5.11 Å². The average molecular weight is 282 g/mol. The monoisotopic (exact) mass is 282 g/mol. The summed E-state index contributed by atoms with van der Waals surface area (Å²) in [6.07, 6.45) is 5.61. The molecule has 0 aliphatic heterocycles. The van der Waals surface area contributed by atoms with E-state index in [0.717, 1.165) is 34.9 Å². The molecule has 3 nitrogen and oxygen atoms in total. The highest BCUT2D eigenvalue weighted by atomic mass is 31.1. The number of phenolic OH excluding ortho intramolecular Hbond substituents is 1. The van der Waals surface area contributed by atoms with Crippen molar-refractivity contribution in [1.29, 1.82) is 0 Å². The number of rotatable bonds is 7. The number of benzene rings is 1. The SMILES string of the molecule is CC/C=C\CN(CC)PNCC.Oc1ccccc1. The minimum atomic E-state index is 0.322. The van der Waals surface area contributed by atoms with Crippen LogP contribution in [0.1, 0.15) is 27.2 Å². The second-order valence-electron chi connectivity index (χ2n) is 3.90. The lowest BCUT2D eigenvalue weighted by Crippen LogP contribution is -2.18. The summed E-state index contributed by atoms with van der Waals surface area (Å²) in [5.74, 6) is 0.322. The van der Waals surface area contributed by atoms with Crippen LogP contribution in [0.5, 0.6) is 5.75 Å². The zero-order chi connectivity index (χ0) is 14.3. The molecule has 4 heteroatoms. The van der Waals surface area contributed by atoms with Crippen molar-refractivity contribution in [3.8, 4) is 5.75 Å². The molecule has 0 amide bonds. The Balaban J connectivity index is 0.000000388. The molecule has 1 unspecified atom stereocenters. The number of allylic oxidation sites excluding steroid dienone is 1. The van der Waals surface area contributed by atoms with E-state index in [-0.39, 0.29) is 0 Å². The fourth-order valence-corrected chi connectivity index (χ4v) is 1.98. The summed E-state index contributed by atoms with van der Waals surface area (Å²) in [7, 11) is 0.767. The van der Waals surface area contributed by atoms with Crippen LogP contribution in [0, 0.1) is 0 Å². The lowest BCUT2D eigenvalue weighted by molar-refractivity contribution is 0.475. The van der Waals surface area contributed by atoms with Crippen molar-refractivity contribution >= 4 is 8.88 Å². The van der Waals surface area contributed by atoms with Crippen LogP contribution in [0.3, 0.4) is 0 Å². The van der Waals surface area contributed by atoms with Crippen LogP contribution in [0.4, 0.5) is 0 Å². The molecular formula is C15H27N2OP. The van der Waals surface area contributed by atoms with Crippen molar-refractivity contribution in [2.75, 3.05) is 19.6 Å². The lowest BCUT2D eigenvalue weighted by atomic mass is 10.3. The van der Waals surface area contributed by atoms with Crippen LogP contribution in [-0.2, 0) is 0 Å². The van der Waals surface area contributed by atoms with E-state index in [1.807, 2.05) is 6.07 Å². The average Bonchev–Trinajstić information content (AvgIpc) is 2.44. The summed E-state index contributed by atoms with van der Waals surface area (Å²) >= 11 is 0. The summed E-state index contributed by atoms with van der Waals surface area (Å²) in [6.45, 7) is 9.77. The Morgan fingerprint density at radius 2 is 1.84 bits per heavy atom. The molecule has 1 aromatic carbocycles. The molecular weight excluding hydrogens is 255 g/mol. The maximum absolute atomic E-state index is 8.63. The van der Waals surface area contributed by atoms with Crippen molar-refractivity contribution in [2.45, 2.75) is 27.2 Å². The minimum absolute atomic E-state index is 0.322. The minimum Gasteiger partial charge on any atom is -0.508 e. The highest BCUT2D eigenvalue weighted by Gasteiger charge is 1.96. The highest BCUT2D eigenvalue weighted by Crippen LogP contribution is 2.11. The van der Waals surface area contributed by atoms with Crippen LogP contribution in [0.2, 0.25) is 0 Å². The van der Waals surface area contributed by atoms with Gasteiger partial charge >= 0.3 is 0 Å². The molecule has 0 saturated heterocycles. The summed E-state index contributed by atoms with van der Waals surface area (Å²) in [4.78, 5) is 0. The standard InChI is InChI=1S/C9H21N2P.C6H6O/c1-4-7-8-9-11(6-3)12-10-5-2;7-6-4-2-1-3-5-6/h7-8,10,12H,4-6,9H2,1-3H3;1-5,7H/b8-7-;. The first-order valence-corrected chi connectivity index (χ1v) is 7.81. The molecule has 0 saturated carbocycles. The topological polar surface area (TPSA) is 35.5 Å². The van der Waals surface area contributed by atoms with E-state index >= 15 is 0 Å². The van der Waals surface area contributed by atoms with Gasteiger partial charge in [-0.1, -0.05) is 51.1 Å². The highest BCUT2D eigenvalue weighted by molar-refractivity contribution is 7.32. The normalized spacial score (nSPS) is 11.2. The van der Waals surface area contributed by atoms with E-state index in [4.69, 9.17) is 5.11 Å². The molecule has 0 fully saturated rings. The number of phenols is 1. The van der Waals surface area contributed by atoms with E-state index in [9.17, 15) is 0 Å².